The Morgan fingerprint density at radius 2 is 1.94 bits per heavy atom. The zero-order valence-electron chi connectivity index (χ0n) is 11.5. The van der Waals surface area contributed by atoms with Crippen LogP contribution in [-0.4, -0.2) is 45.9 Å². The molecule has 0 radical (unpaired) electrons. The van der Waals surface area contributed by atoms with Crippen LogP contribution in [0.2, 0.25) is 0 Å². The Morgan fingerprint density at radius 1 is 1.33 bits per heavy atom. The van der Waals surface area contributed by atoms with Crippen molar-refractivity contribution in [3.05, 3.63) is 18.5 Å². The van der Waals surface area contributed by atoms with Crippen LogP contribution in [0.5, 0.6) is 0 Å². The first-order chi connectivity index (χ1) is 8.41. The number of carbonyl (C=O) groups is 1. The summed E-state index contributed by atoms with van der Waals surface area (Å²) in [4.78, 5) is 14.5. The molecule has 1 aliphatic rings. The number of nitrogens with zero attached hydrogens (tertiary/aromatic N) is 3. The fraction of sp³-hybridized carbons (Fsp3) is 0.692. The summed E-state index contributed by atoms with van der Waals surface area (Å²) in [7, 11) is 0. The Morgan fingerprint density at radius 3 is 2.44 bits per heavy atom. The van der Waals surface area contributed by atoms with Crippen LogP contribution in [0.1, 0.15) is 27.7 Å². The highest BCUT2D eigenvalue weighted by Gasteiger charge is 2.37. The van der Waals surface area contributed by atoms with Gasteiger partial charge in [0.15, 0.2) is 0 Å². The van der Waals surface area contributed by atoms with Gasteiger partial charge in [0.25, 0.3) is 0 Å². The Labute approximate surface area is 108 Å². The maximum atomic E-state index is 12.6. The van der Waals surface area contributed by atoms with Gasteiger partial charge in [-0.1, -0.05) is 0 Å². The summed E-state index contributed by atoms with van der Waals surface area (Å²) in [6.07, 6.45) is 3.70. The lowest BCUT2D eigenvalue weighted by molar-refractivity contribution is -0.151. The van der Waals surface area contributed by atoms with Gasteiger partial charge in [0.2, 0.25) is 5.91 Å². The summed E-state index contributed by atoms with van der Waals surface area (Å²) in [5, 5.41) is 4.18. The molecular weight excluding hydrogens is 230 g/mol. The van der Waals surface area contributed by atoms with Gasteiger partial charge in [0.05, 0.1) is 12.2 Å². The lowest BCUT2D eigenvalue weighted by atomic mass is 10.0. The second-order valence-corrected chi connectivity index (χ2v) is 5.48. The van der Waals surface area contributed by atoms with Gasteiger partial charge in [0, 0.05) is 25.5 Å². The SMILES string of the molecule is CC1CN(C(=O)C(C)(C)n2cccn2)CC(C)O1. The monoisotopic (exact) mass is 251 g/mol. The molecule has 2 unspecified atom stereocenters. The van der Waals surface area contributed by atoms with Crippen molar-refractivity contribution in [1.82, 2.24) is 14.7 Å². The number of ether oxygens (including phenoxy) is 1. The van der Waals surface area contributed by atoms with Crippen LogP contribution < -0.4 is 0 Å². The van der Waals surface area contributed by atoms with Gasteiger partial charge >= 0.3 is 0 Å². The van der Waals surface area contributed by atoms with Crippen molar-refractivity contribution in [3.63, 3.8) is 0 Å². The standard InChI is InChI=1S/C13H21N3O2/c1-10-8-15(9-11(2)18-10)12(17)13(3,4)16-7-5-6-14-16/h5-7,10-11H,8-9H2,1-4H3. The van der Waals surface area contributed by atoms with E-state index in [1.54, 1.807) is 10.9 Å². The molecule has 1 aliphatic heterocycles. The molecule has 0 spiro atoms. The quantitative estimate of drug-likeness (QED) is 0.795. The van der Waals surface area contributed by atoms with Gasteiger partial charge in [-0.15, -0.1) is 0 Å². The van der Waals surface area contributed by atoms with Gasteiger partial charge in [0.1, 0.15) is 5.54 Å². The summed E-state index contributed by atoms with van der Waals surface area (Å²) >= 11 is 0. The Bertz CT molecular complexity index is 404. The van der Waals surface area contributed by atoms with Gasteiger partial charge in [-0.2, -0.15) is 5.10 Å². The van der Waals surface area contributed by atoms with Crippen LogP contribution >= 0.6 is 0 Å². The van der Waals surface area contributed by atoms with Gasteiger partial charge < -0.3 is 9.64 Å². The Hall–Kier alpha value is -1.36. The average Bonchev–Trinajstić information content (AvgIpc) is 2.80. The predicted molar refractivity (Wildman–Crippen MR) is 68.1 cm³/mol. The van der Waals surface area contributed by atoms with Crippen molar-refractivity contribution in [2.45, 2.75) is 45.4 Å². The lowest BCUT2D eigenvalue weighted by Gasteiger charge is -2.39. The van der Waals surface area contributed by atoms with Crippen molar-refractivity contribution in [2.75, 3.05) is 13.1 Å². The fourth-order valence-electron chi connectivity index (χ4n) is 2.43. The van der Waals surface area contributed by atoms with Crippen LogP contribution in [-0.2, 0) is 15.1 Å². The van der Waals surface area contributed by atoms with E-state index in [4.69, 9.17) is 4.74 Å². The number of amides is 1. The molecule has 5 nitrogen and oxygen atoms in total. The number of aromatic nitrogens is 2. The summed E-state index contributed by atoms with van der Waals surface area (Å²) in [5.41, 5.74) is -0.652. The summed E-state index contributed by atoms with van der Waals surface area (Å²) in [6, 6.07) is 1.83. The second-order valence-electron chi connectivity index (χ2n) is 5.48. The molecule has 0 aromatic carbocycles. The molecule has 1 amide bonds. The Kier molecular flexibility index (Phi) is 3.43. The molecule has 0 saturated carbocycles. The van der Waals surface area contributed by atoms with Gasteiger partial charge in [-0.25, -0.2) is 0 Å². The normalized spacial score (nSPS) is 25.2. The van der Waals surface area contributed by atoms with E-state index in [2.05, 4.69) is 5.10 Å². The van der Waals surface area contributed by atoms with Crippen molar-refractivity contribution in [2.24, 2.45) is 0 Å². The summed E-state index contributed by atoms with van der Waals surface area (Å²) in [6.45, 7) is 9.08. The summed E-state index contributed by atoms with van der Waals surface area (Å²) < 4.78 is 7.36. The average molecular weight is 251 g/mol. The van der Waals surface area contributed by atoms with Crippen LogP contribution in [0.4, 0.5) is 0 Å². The third kappa shape index (κ3) is 2.41. The van der Waals surface area contributed by atoms with Gasteiger partial charge in [-0.05, 0) is 33.8 Å². The minimum Gasteiger partial charge on any atom is -0.372 e. The molecule has 2 heterocycles. The molecule has 0 bridgehead atoms. The lowest BCUT2D eigenvalue weighted by Crippen LogP contribution is -2.54. The van der Waals surface area contributed by atoms with E-state index < -0.39 is 5.54 Å². The topological polar surface area (TPSA) is 47.4 Å². The van der Waals surface area contributed by atoms with Crippen molar-refractivity contribution >= 4 is 5.91 Å². The van der Waals surface area contributed by atoms with E-state index >= 15 is 0 Å². The Balaban J connectivity index is 2.15. The molecule has 1 saturated heterocycles. The van der Waals surface area contributed by atoms with Crippen LogP contribution in [0, 0.1) is 0 Å². The number of rotatable bonds is 2. The fourth-order valence-corrected chi connectivity index (χ4v) is 2.43. The molecule has 1 fully saturated rings. The molecule has 1 aromatic rings. The number of hydrogen-bond acceptors (Lipinski definition) is 3. The zero-order chi connectivity index (χ0) is 13.3. The number of hydrogen-bond donors (Lipinski definition) is 0. The smallest absolute Gasteiger partial charge is 0.250 e. The molecule has 2 rings (SSSR count). The minimum absolute atomic E-state index is 0.0890. The summed E-state index contributed by atoms with van der Waals surface area (Å²) in [5.74, 6) is 0.0909. The third-order valence-electron chi connectivity index (χ3n) is 3.31. The highest BCUT2D eigenvalue weighted by molar-refractivity contribution is 5.83. The van der Waals surface area contributed by atoms with E-state index in [9.17, 15) is 4.79 Å². The van der Waals surface area contributed by atoms with Crippen molar-refractivity contribution in [3.8, 4) is 0 Å². The van der Waals surface area contributed by atoms with Crippen LogP contribution in [0.15, 0.2) is 18.5 Å². The van der Waals surface area contributed by atoms with Crippen molar-refractivity contribution < 1.29 is 9.53 Å². The van der Waals surface area contributed by atoms with E-state index in [-0.39, 0.29) is 18.1 Å². The maximum Gasteiger partial charge on any atom is 0.250 e. The highest BCUT2D eigenvalue weighted by Crippen LogP contribution is 2.20. The highest BCUT2D eigenvalue weighted by atomic mass is 16.5. The number of carbonyl (C=O) groups excluding carboxylic acids is 1. The first-order valence-electron chi connectivity index (χ1n) is 6.36. The number of morpholine rings is 1. The van der Waals surface area contributed by atoms with E-state index in [1.165, 1.54) is 0 Å². The largest absolute Gasteiger partial charge is 0.372 e. The second kappa shape index (κ2) is 4.72. The van der Waals surface area contributed by atoms with E-state index in [0.29, 0.717) is 13.1 Å². The molecule has 5 heteroatoms. The van der Waals surface area contributed by atoms with Crippen molar-refractivity contribution in [1.29, 1.82) is 0 Å². The van der Waals surface area contributed by atoms with E-state index in [0.717, 1.165) is 0 Å². The minimum atomic E-state index is -0.652. The molecule has 1 aromatic heterocycles. The first-order valence-corrected chi connectivity index (χ1v) is 6.36. The first kappa shape index (κ1) is 13.1. The predicted octanol–water partition coefficient (Wildman–Crippen LogP) is 1.25. The third-order valence-corrected chi connectivity index (χ3v) is 3.31. The molecule has 2 atom stereocenters. The molecule has 0 aliphatic carbocycles. The zero-order valence-corrected chi connectivity index (χ0v) is 11.5. The van der Waals surface area contributed by atoms with Crippen LogP contribution in [0.3, 0.4) is 0 Å². The molecular formula is C13H21N3O2. The maximum absolute atomic E-state index is 12.6. The molecule has 100 valence electrons. The van der Waals surface area contributed by atoms with Crippen LogP contribution in [0.25, 0.3) is 0 Å². The van der Waals surface area contributed by atoms with E-state index in [1.807, 2.05) is 44.9 Å². The van der Waals surface area contributed by atoms with Gasteiger partial charge in [-0.3, -0.25) is 9.48 Å². The molecule has 18 heavy (non-hydrogen) atoms. The molecule has 0 N–H and O–H groups in total.